The number of aliphatic hydroxyl groups excluding tert-OH is 2. The summed E-state index contributed by atoms with van der Waals surface area (Å²) in [5.41, 5.74) is 7.59. The maximum absolute atomic E-state index is 9.74. The molecule has 5 nitrogen and oxygen atoms in total. The van der Waals surface area contributed by atoms with Crippen LogP contribution < -0.4 is 9.47 Å². The van der Waals surface area contributed by atoms with E-state index in [-0.39, 0.29) is 13.2 Å². The van der Waals surface area contributed by atoms with Gasteiger partial charge < -0.3 is 19.7 Å². The lowest BCUT2D eigenvalue weighted by Gasteiger charge is -2.18. The molecule has 0 atom stereocenters. The van der Waals surface area contributed by atoms with Gasteiger partial charge in [-0.05, 0) is 45.5 Å². The van der Waals surface area contributed by atoms with Gasteiger partial charge in [-0.1, -0.05) is 72.8 Å². The van der Waals surface area contributed by atoms with Crippen LogP contribution in [0.3, 0.4) is 0 Å². The normalized spacial score (nSPS) is 11.0. The van der Waals surface area contributed by atoms with Crippen LogP contribution in [-0.4, -0.2) is 29.4 Å². The van der Waals surface area contributed by atoms with Crippen LogP contribution >= 0.6 is 0 Å². The highest BCUT2D eigenvalue weighted by Gasteiger charge is 2.19. The maximum atomic E-state index is 9.74. The van der Waals surface area contributed by atoms with Gasteiger partial charge in [-0.3, -0.25) is 4.98 Å². The van der Waals surface area contributed by atoms with Gasteiger partial charge in [0.25, 0.3) is 0 Å². The van der Waals surface area contributed by atoms with Gasteiger partial charge >= 0.3 is 0 Å². The monoisotopic (exact) mass is 491 g/mol. The van der Waals surface area contributed by atoms with Crippen molar-refractivity contribution < 1.29 is 19.7 Å². The van der Waals surface area contributed by atoms with Crippen LogP contribution in [0.2, 0.25) is 0 Å². The molecule has 0 fully saturated rings. The molecule has 4 aromatic carbocycles. The van der Waals surface area contributed by atoms with Gasteiger partial charge in [0.05, 0.1) is 33.1 Å². The van der Waals surface area contributed by atoms with Crippen LogP contribution in [-0.2, 0) is 19.6 Å². The summed E-state index contributed by atoms with van der Waals surface area (Å²) in [6, 6.07) is 28.5. The molecule has 1 aromatic heterocycles. The molecule has 0 bridgehead atoms. The third-order valence-electron chi connectivity index (χ3n) is 6.75. The zero-order valence-corrected chi connectivity index (χ0v) is 20.9. The fraction of sp³-hybridized carbons (Fsp3) is 0.156. The molecular weight excluding hydrogens is 462 g/mol. The lowest BCUT2D eigenvalue weighted by molar-refractivity contribution is 0.260. The van der Waals surface area contributed by atoms with E-state index in [1.165, 1.54) is 0 Å². The number of ether oxygens (including phenoxy) is 2. The number of pyridine rings is 1. The van der Waals surface area contributed by atoms with Crippen LogP contribution in [0.25, 0.3) is 33.0 Å². The van der Waals surface area contributed by atoms with E-state index < -0.39 is 0 Å². The first-order valence-corrected chi connectivity index (χ1v) is 12.2. The van der Waals surface area contributed by atoms with Gasteiger partial charge in [0.1, 0.15) is 0 Å². The fourth-order valence-corrected chi connectivity index (χ4v) is 4.85. The predicted molar refractivity (Wildman–Crippen MR) is 147 cm³/mol. The summed E-state index contributed by atoms with van der Waals surface area (Å²) in [5, 5.41) is 21.2. The van der Waals surface area contributed by atoms with Crippen LogP contribution in [0.15, 0.2) is 91.1 Å². The van der Waals surface area contributed by atoms with Crippen LogP contribution in [0.1, 0.15) is 22.4 Å². The fourth-order valence-electron chi connectivity index (χ4n) is 4.85. The third kappa shape index (κ3) is 4.79. The summed E-state index contributed by atoms with van der Waals surface area (Å²) in [7, 11) is 3.31. The molecule has 5 heteroatoms. The Labute approximate surface area is 216 Å². The Balaban J connectivity index is 1.62. The molecule has 186 valence electrons. The van der Waals surface area contributed by atoms with Crippen molar-refractivity contribution in [3.8, 4) is 33.8 Å². The largest absolute Gasteiger partial charge is 0.492 e. The van der Waals surface area contributed by atoms with Crippen LogP contribution in [0.5, 0.6) is 11.5 Å². The van der Waals surface area contributed by atoms with Gasteiger partial charge in [-0.25, -0.2) is 0 Å². The molecule has 0 amide bonds. The Morgan fingerprint density at radius 2 is 1.32 bits per heavy atom. The van der Waals surface area contributed by atoms with Crippen molar-refractivity contribution in [2.24, 2.45) is 0 Å². The molecule has 0 spiro atoms. The zero-order chi connectivity index (χ0) is 25.8. The summed E-state index contributed by atoms with van der Waals surface area (Å²) in [6.45, 7) is -0.229. The van der Waals surface area contributed by atoms with Gasteiger partial charge in [0.15, 0.2) is 11.5 Å². The molecular formula is C32H29NO4. The number of hydrogen-bond donors (Lipinski definition) is 2. The number of hydrogen-bond acceptors (Lipinski definition) is 5. The predicted octanol–water partition coefficient (Wildman–Crippen LogP) is 6.16. The van der Waals surface area contributed by atoms with E-state index in [9.17, 15) is 10.2 Å². The zero-order valence-electron chi connectivity index (χ0n) is 20.9. The lowest BCUT2D eigenvalue weighted by atomic mass is 9.94. The Kier molecular flexibility index (Phi) is 7.17. The van der Waals surface area contributed by atoms with E-state index in [1.54, 1.807) is 20.4 Å². The summed E-state index contributed by atoms with van der Waals surface area (Å²) >= 11 is 0. The number of methoxy groups -OCH3 is 2. The summed E-state index contributed by atoms with van der Waals surface area (Å²) in [5.74, 6) is 1.34. The lowest BCUT2D eigenvalue weighted by Crippen LogP contribution is -2.01. The second kappa shape index (κ2) is 10.8. The molecule has 0 aliphatic heterocycles. The minimum Gasteiger partial charge on any atom is -0.492 e. The van der Waals surface area contributed by atoms with Crippen molar-refractivity contribution in [2.75, 3.05) is 14.2 Å². The third-order valence-corrected chi connectivity index (χ3v) is 6.75. The van der Waals surface area contributed by atoms with Crippen molar-refractivity contribution >= 4 is 10.8 Å². The van der Waals surface area contributed by atoms with E-state index in [4.69, 9.17) is 14.5 Å². The average molecular weight is 492 g/mol. The number of aliphatic hydroxyl groups is 2. The highest BCUT2D eigenvalue weighted by atomic mass is 16.5. The first kappa shape index (κ1) is 24.5. The highest BCUT2D eigenvalue weighted by molar-refractivity contribution is 5.98. The van der Waals surface area contributed by atoms with Crippen LogP contribution in [0, 0.1) is 0 Å². The minimum absolute atomic E-state index is 0.105. The number of fused-ring (bicyclic) bond motifs is 1. The minimum atomic E-state index is -0.124. The van der Waals surface area contributed by atoms with E-state index in [1.807, 2.05) is 42.5 Å². The highest BCUT2D eigenvalue weighted by Crippen LogP contribution is 2.44. The van der Waals surface area contributed by atoms with Crippen LogP contribution in [0.4, 0.5) is 0 Å². The first-order valence-electron chi connectivity index (χ1n) is 12.2. The number of nitrogens with zero attached hydrogens (tertiary/aromatic N) is 1. The summed E-state index contributed by atoms with van der Waals surface area (Å²) < 4.78 is 11.7. The molecule has 0 aliphatic carbocycles. The Bertz CT molecular complexity index is 1530. The molecule has 0 radical (unpaired) electrons. The molecule has 0 aliphatic rings. The second-order valence-electron chi connectivity index (χ2n) is 8.88. The molecule has 2 N–H and O–H groups in total. The van der Waals surface area contributed by atoms with Gasteiger partial charge in [0, 0.05) is 29.0 Å². The SMILES string of the molecule is COc1c(-c2ccc(-c3ccccc3)cc2)cc2c(Cc3ccc(CO)c(CO)c3)nccc2c1OC. The van der Waals surface area contributed by atoms with Gasteiger partial charge in [-0.15, -0.1) is 0 Å². The van der Waals surface area contributed by atoms with Crippen molar-refractivity contribution in [3.63, 3.8) is 0 Å². The Morgan fingerprint density at radius 3 is 2.00 bits per heavy atom. The Morgan fingerprint density at radius 1 is 0.649 bits per heavy atom. The average Bonchev–Trinajstić information content (AvgIpc) is 2.96. The molecule has 0 saturated carbocycles. The topological polar surface area (TPSA) is 71.8 Å². The van der Waals surface area contributed by atoms with Crippen molar-refractivity contribution in [2.45, 2.75) is 19.6 Å². The standard InChI is InChI=1S/C32H29NO4/c1-36-31-27-14-15-33-30(17-21-8-9-25(19-34)26(16-21)20-35)29(27)18-28(32(31)37-2)24-12-10-23(11-13-24)22-6-4-3-5-7-22/h3-16,18,34-35H,17,19-20H2,1-2H3. The summed E-state index contributed by atoms with van der Waals surface area (Å²) in [6.07, 6.45) is 2.35. The van der Waals surface area contributed by atoms with E-state index in [0.717, 1.165) is 55.4 Å². The molecule has 37 heavy (non-hydrogen) atoms. The first-order chi connectivity index (χ1) is 18.2. The van der Waals surface area contributed by atoms with E-state index >= 15 is 0 Å². The maximum Gasteiger partial charge on any atom is 0.169 e. The van der Waals surface area contributed by atoms with Crippen molar-refractivity contribution in [3.05, 3.63) is 114 Å². The smallest absolute Gasteiger partial charge is 0.169 e. The van der Waals surface area contributed by atoms with Crippen molar-refractivity contribution in [1.29, 1.82) is 0 Å². The molecule has 5 aromatic rings. The Hall–Kier alpha value is -4.19. The number of rotatable bonds is 8. The van der Waals surface area contributed by atoms with Crippen molar-refractivity contribution in [1.82, 2.24) is 4.98 Å². The second-order valence-corrected chi connectivity index (χ2v) is 8.88. The van der Waals surface area contributed by atoms with Gasteiger partial charge in [0.2, 0.25) is 0 Å². The molecule has 1 heterocycles. The van der Waals surface area contributed by atoms with E-state index in [2.05, 4.69) is 42.5 Å². The molecule has 5 rings (SSSR count). The molecule has 0 saturated heterocycles. The quantitative estimate of drug-likeness (QED) is 0.272. The van der Waals surface area contributed by atoms with Gasteiger partial charge in [-0.2, -0.15) is 0 Å². The molecule has 0 unspecified atom stereocenters. The summed E-state index contributed by atoms with van der Waals surface area (Å²) in [4.78, 5) is 4.71. The number of aromatic nitrogens is 1. The number of benzene rings is 4. The van der Waals surface area contributed by atoms with E-state index in [0.29, 0.717) is 17.9 Å².